The van der Waals surface area contributed by atoms with E-state index in [-0.39, 0.29) is 33.5 Å². The highest BCUT2D eigenvalue weighted by molar-refractivity contribution is 5.85. The lowest BCUT2D eigenvalue weighted by Crippen LogP contribution is -2.34. The van der Waals surface area contributed by atoms with Gasteiger partial charge >= 0.3 is 0 Å². The van der Waals surface area contributed by atoms with Crippen LogP contribution in [0.1, 0.15) is 69.4 Å². The van der Waals surface area contributed by atoms with Gasteiger partial charge in [-0.15, -0.1) is 12.4 Å². The van der Waals surface area contributed by atoms with Gasteiger partial charge in [-0.2, -0.15) is 0 Å². The molecular formula is C32H46ClN3O5. The summed E-state index contributed by atoms with van der Waals surface area (Å²) in [5.41, 5.74) is 9.61. The van der Waals surface area contributed by atoms with Crippen molar-refractivity contribution < 1.29 is 15.0 Å². The third kappa shape index (κ3) is 15.2. The Morgan fingerprint density at radius 3 is 1.15 bits per heavy atom. The molecular weight excluding hydrogens is 542 g/mol. The van der Waals surface area contributed by atoms with Crippen LogP contribution in [0.5, 0.6) is 5.75 Å². The molecule has 0 aliphatic rings. The second-order valence-corrected chi connectivity index (χ2v) is 12.3. The summed E-state index contributed by atoms with van der Waals surface area (Å²) in [4.78, 5) is 20.8. The van der Waals surface area contributed by atoms with Crippen LogP contribution in [0.15, 0.2) is 72.8 Å². The minimum Gasteiger partial charge on any atom is -0.508 e. The van der Waals surface area contributed by atoms with E-state index in [1.807, 2.05) is 45.0 Å². The zero-order chi connectivity index (χ0) is 30.7. The average Bonchev–Trinajstić information content (AvgIpc) is 2.83. The van der Waals surface area contributed by atoms with Crippen molar-refractivity contribution in [3.63, 3.8) is 0 Å². The van der Waals surface area contributed by atoms with Gasteiger partial charge in [0, 0.05) is 55.9 Å². The lowest BCUT2D eigenvalue weighted by molar-refractivity contribution is -0.560. The second-order valence-electron chi connectivity index (χ2n) is 12.3. The highest BCUT2D eigenvalue weighted by Gasteiger charge is 2.31. The summed E-state index contributed by atoms with van der Waals surface area (Å²) < 4.78 is 0. The van der Waals surface area contributed by atoms with Gasteiger partial charge in [-0.25, -0.2) is 0 Å². The van der Waals surface area contributed by atoms with Crippen LogP contribution in [0.4, 0.5) is 0 Å². The van der Waals surface area contributed by atoms with E-state index in [0.29, 0.717) is 12.8 Å². The van der Waals surface area contributed by atoms with Gasteiger partial charge in [0.25, 0.3) is 0 Å². The van der Waals surface area contributed by atoms with Gasteiger partial charge in [-0.3, -0.25) is 20.2 Å². The number of aryl methyl sites for hydroxylation is 2. The maximum Gasteiger partial charge on any atom is 0.220 e. The second kappa shape index (κ2) is 16.1. The Hall–Kier alpha value is -3.49. The summed E-state index contributed by atoms with van der Waals surface area (Å²) in [5.74, 6) is 0.174. The summed E-state index contributed by atoms with van der Waals surface area (Å²) in [6.45, 7) is 14.7. The molecule has 3 N–H and O–H groups in total. The number of phenols is 1. The van der Waals surface area contributed by atoms with Crippen LogP contribution in [0.3, 0.4) is 0 Å². The van der Waals surface area contributed by atoms with E-state index in [1.165, 1.54) is 28.8 Å². The molecule has 0 spiro atoms. The molecule has 0 radical (unpaired) electrons. The van der Waals surface area contributed by atoms with E-state index in [1.54, 1.807) is 39.8 Å². The summed E-state index contributed by atoms with van der Waals surface area (Å²) in [6, 6.07) is 22.8. The van der Waals surface area contributed by atoms with Crippen LogP contribution in [-0.4, -0.2) is 31.6 Å². The number of hydrogen-bond donors (Lipinski definition) is 2. The standard InChI is InChI=1S/C11H15NO2.C11H17N.C10H13NO3.ClH/c1-9-4-6-10(7-5-9)8-11(2,3)12(13)14;1-9-4-6-10(7-5-9)8-11(2,3)12;1-10(2,11(13)14)7-8-3-5-9(12)6-4-8;/h4-7H,8H2,1-3H3;4-7H,8,12H2,1-3H3;3-6,12H,7H2,1-2H3;1H. The van der Waals surface area contributed by atoms with E-state index in [2.05, 4.69) is 31.2 Å². The fraction of sp³-hybridized carbons (Fsp3) is 0.438. The van der Waals surface area contributed by atoms with Gasteiger partial charge in [0.1, 0.15) is 5.75 Å². The van der Waals surface area contributed by atoms with E-state index in [0.717, 1.165) is 17.5 Å². The van der Waals surface area contributed by atoms with Gasteiger partial charge in [-0.1, -0.05) is 71.8 Å². The van der Waals surface area contributed by atoms with Crippen LogP contribution < -0.4 is 5.73 Å². The summed E-state index contributed by atoms with van der Waals surface area (Å²) in [5, 5.41) is 30.4. The van der Waals surface area contributed by atoms with Gasteiger partial charge in [-0.05, 0) is 62.9 Å². The van der Waals surface area contributed by atoms with Gasteiger partial charge < -0.3 is 10.8 Å². The molecule has 0 amide bonds. The average molecular weight is 588 g/mol. The molecule has 3 rings (SSSR count). The molecule has 8 nitrogen and oxygen atoms in total. The van der Waals surface area contributed by atoms with Gasteiger partial charge in [0.05, 0.1) is 0 Å². The van der Waals surface area contributed by atoms with Gasteiger partial charge in [0.2, 0.25) is 11.1 Å². The number of halogens is 1. The Balaban J connectivity index is 0.000000580. The Labute approximate surface area is 250 Å². The zero-order valence-electron chi connectivity index (χ0n) is 25.5. The van der Waals surface area contributed by atoms with E-state index in [4.69, 9.17) is 10.8 Å². The fourth-order valence-electron chi connectivity index (χ4n) is 3.68. The molecule has 0 aliphatic carbocycles. The lowest BCUT2D eigenvalue weighted by Gasteiger charge is -2.18. The number of nitrogens with zero attached hydrogens (tertiary/aromatic N) is 2. The quantitative estimate of drug-likeness (QED) is 0.210. The molecule has 41 heavy (non-hydrogen) atoms. The molecule has 0 atom stereocenters. The molecule has 9 heteroatoms. The number of nitro groups is 2. The monoisotopic (exact) mass is 587 g/mol. The van der Waals surface area contributed by atoms with Crippen LogP contribution in [0.2, 0.25) is 0 Å². The van der Waals surface area contributed by atoms with Crippen molar-refractivity contribution in [2.24, 2.45) is 5.73 Å². The third-order valence-electron chi connectivity index (χ3n) is 6.10. The van der Waals surface area contributed by atoms with E-state index in [9.17, 15) is 20.2 Å². The minimum absolute atomic E-state index is 0. The molecule has 0 aromatic heterocycles. The van der Waals surface area contributed by atoms with E-state index >= 15 is 0 Å². The molecule has 3 aromatic rings. The number of rotatable bonds is 8. The highest BCUT2D eigenvalue weighted by atomic mass is 35.5. The predicted octanol–water partition coefficient (Wildman–Crippen LogP) is 7.28. The SMILES string of the molecule is CC(C)(Cc1ccc(O)cc1)[N+](=O)[O-].Cc1ccc(CC(C)(C)N)cc1.Cc1ccc(CC(C)(C)[N+](=O)[O-])cc1.Cl. The highest BCUT2D eigenvalue weighted by Crippen LogP contribution is 2.18. The van der Waals surface area contributed by atoms with Crippen molar-refractivity contribution >= 4 is 12.4 Å². The fourth-order valence-corrected chi connectivity index (χ4v) is 3.68. The molecule has 0 unspecified atom stereocenters. The van der Waals surface area contributed by atoms with Crippen molar-refractivity contribution in [3.05, 3.63) is 121 Å². The summed E-state index contributed by atoms with van der Waals surface area (Å²) in [7, 11) is 0. The number of benzene rings is 3. The number of phenolic OH excluding ortho intramolecular Hbond substituents is 1. The van der Waals surface area contributed by atoms with Crippen LogP contribution in [-0.2, 0) is 19.3 Å². The van der Waals surface area contributed by atoms with Gasteiger partial charge in [0.15, 0.2) is 0 Å². The maximum atomic E-state index is 10.7. The van der Waals surface area contributed by atoms with Crippen LogP contribution in [0, 0.1) is 34.1 Å². The normalized spacial score (nSPS) is 11.1. The van der Waals surface area contributed by atoms with Crippen molar-refractivity contribution in [1.82, 2.24) is 0 Å². The molecule has 3 aromatic carbocycles. The Morgan fingerprint density at radius 2 is 0.878 bits per heavy atom. The van der Waals surface area contributed by atoms with Crippen molar-refractivity contribution in [2.45, 2.75) is 91.3 Å². The Bertz CT molecular complexity index is 1150. The number of nitrogens with two attached hydrogens (primary N) is 1. The van der Waals surface area contributed by atoms with Crippen molar-refractivity contribution in [2.75, 3.05) is 0 Å². The topological polar surface area (TPSA) is 133 Å². The molecule has 226 valence electrons. The van der Waals surface area contributed by atoms with Crippen LogP contribution >= 0.6 is 12.4 Å². The maximum absolute atomic E-state index is 10.7. The largest absolute Gasteiger partial charge is 0.508 e. The predicted molar refractivity (Wildman–Crippen MR) is 169 cm³/mol. The van der Waals surface area contributed by atoms with Crippen molar-refractivity contribution in [3.8, 4) is 5.75 Å². The third-order valence-corrected chi connectivity index (χ3v) is 6.10. The zero-order valence-corrected chi connectivity index (χ0v) is 26.3. The summed E-state index contributed by atoms with van der Waals surface area (Å²) in [6.07, 6.45) is 1.77. The van der Waals surface area contributed by atoms with Crippen LogP contribution in [0.25, 0.3) is 0 Å². The molecule has 0 fully saturated rings. The minimum atomic E-state index is -0.961. The first-order valence-electron chi connectivity index (χ1n) is 13.3. The molecule has 0 bridgehead atoms. The molecule has 0 saturated carbocycles. The Morgan fingerprint density at radius 1 is 0.610 bits per heavy atom. The summed E-state index contributed by atoms with van der Waals surface area (Å²) >= 11 is 0. The Kier molecular flexibility index (Phi) is 14.7. The smallest absolute Gasteiger partial charge is 0.220 e. The van der Waals surface area contributed by atoms with Crippen molar-refractivity contribution in [1.29, 1.82) is 0 Å². The first-order chi connectivity index (χ1) is 18.3. The molecule has 0 aliphatic heterocycles. The number of aromatic hydroxyl groups is 1. The lowest BCUT2D eigenvalue weighted by atomic mass is 9.95. The van der Waals surface area contributed by atoms with E-state index < -0.39 is 11.1 Å². The molecule has 0 saturated heterocycles. The first kappa shape index (κ1) is 37.5. The first-order valence-corrected chi connectivity index (χ1v) is 13.3. The molecule has 0 heterocycles. The number of hydrogen-bond acceptors (Lipinski definition) is 6.